The molecule has 0 fully saturated rings. The maximum atomic E-state index is 12.4. The van der Waals surface area contributed by atoms with E-state index in [1.54, 1.807) is 23.5 Å². The topological polar surface area (TPSA) is 57.3 Å². The number of hydrogen-bond donors (Lipinski definition) is 2. The molecule has 1 amide bonds. The van der Waals surface area contributed by atoms with E-state index in [4.69, 9.17) is 23.2 Å². The van der Waals surface area contributed by atoms with Crippen LogP contribution in [0.1, 0.15) is 34.4 Å². The molecule has 1 unspecified atom stereocenters. The molecule has 0 bridgehead atoms. The second-order valence-electron chi connectivity index (χ2n) is 6.62. The SMILES string of the molecule is C[NH+](CC(=O)Nc1sc2c(c1C#N)CCCC2)Cc1ccc(Cl)cc1Cl. The van der Waals surface area contributed by atoms with Crippen molar-refractivity contribution in [3.63, 3.8) is 0 Å². The van der Waals surface area contributed by atoms with Crippen LogP contribution in [0.15, 0.2) is 18.2 Å². The molecular weight excluding hydrogens is 389 g/mol. The molecule has 0 spiro atoms. The quantitative estimate of drug-likeness (QED) is 0.795. The minimum Gasteiger partial charge on any atom is -0.326 e. The number of hydrogen-bond acceptors (Lipinski definition) is 3. The van der Waals surface area contributed by atoms with Crippen molar-refractivity contribution in [2.75, 3.05) is 18.9 Å². The van der Waals surface area contributed by atoms with Crippen molar-refractivity contribution < 1.29 is 9.69 Å². The average Bonchev–Trinajstić information content (AvgIpc) is 2.94. The molecule has 0 saturated heterocycles. The Labute approximate surface area is 167 Å². The molecule has 1 aromatic heterocycles. The first-order valence-electron chi connectivity index (χ1n) is 8.57. The molecule has 1 aromatic carbocycles. The smallest absolute Gasteiger partial charge is 0.280 e. The van der Waals surface area contributed by atoms with Gasteiger partial charge in [0.2, 0.25) is 0 Å². The Morgan fingerprint density at radius 3 is 2.85 bits per heavy atom. The van der Waals surface area contributed by atoms with Gasteiger partial charge in [-0.2, -0.15) is 5.26 Å². The first-order valence-corrected chi connectivity index (χ1v) is 10.1. The van der Waals surface area contributed by atoms with Crippen molar-refractivity contribution in [1.29, 1.82) is 5.26 Å². The van der Waals surface area contributed by atoms with Gasteiger partial charge in [-0.1, -0.05) is 29.3 Å². The third-order valence-electron chi connectivity index (χ3n) is 4.51. The van der Waals surface area contributed by atoms with Gasteiger partial charge < -0.3 is 10.2 Å². The zero-order chi connectivity index (χ0) is 18.7. The number of quaternary nitrogens is 1. The summed E-state index contributed by atoms with van der Waals surface area (Å²) in [7, 11) is 1.94. The second kappa shape index (κ2) is 8.41. The number of thiophene rings is 1. The Hall–Kier alpha value is -1.58. The first-order chi connectivity index (χ1) is 12.5. The van der Waals surface area contributed by atoms with Crippen LogP contribution in [-0.2, 0) is 24.2 Å². The van der Waals surface area contributed by atoms with Crippen LogP contribution in [0.25, 0.3) is 0 Å². The van der Waals surface area contributed by atoms with Gasteiger partial charge in [0.1, 0.15) is 17.6 Å². The van der Waals surface area contributed by atoms with Gasteiger partial charge in [0.15, 0.2) is 6.54 Å². The molecule has 26 heavy (non-hydrogen) atoms. The van der Waals surface area contributed by atoms with E-state index in [2.05, 4.69) is 11.4 Å². The van der Waals surface area contributed by atoms with E-state index in [9.17, 15) is 10.1 Å². The minimum atomic E-state index is -0.0947. The highest BCUT2D eigenvalue weighted by molar-refractivity contribution is 7.16. The van der Waals surface area contributed by atoms with E-state index in [1.807, 2.05) is 13.1 Å². The number of nitriles is 1. The summed E-state index contributed by atoms with van der Waals surface area (Å²) in [6, 6.07) is 7.66. The van der Waals surface area contributed by atoms with E-state index >= 15 is 0 Å². The highest BCUT2D eigenvalue weighted by Crippen LogP contribution is 2.37. The molecule has 0 aliphatic heterocycles. The van der Waals surface area contributed by atoms with Crippen LogP contribution in [0.5, 0.6) is 0 Å². The number of benzene rings is 1. The highest BCUT2D eigenvalue weighted by atomic mass is 35.5. The summed E-state index contributed by atoms with van der Waals surface area (Å²) in [4.78, 5) is 14.7. The number of nitrogens with one attached hydrogen (secondary N) is 2. The van der Waals surface area contributed by atoms with Gasteiger partial charge in [0.05, 0.1) is 17.6 Å². The van der Waals surface area contributed by atoms with Crippen molar-refractivity contribution in [3.8, 4) is 6.07 Å². The molecule has 0 saturated carbocycles. The molecular formula is C19H20Cl2N3OS+. The molecule has 1 atom stereocenters. The minimum absolute atomic E-state index is 0.0947. The Morgan fingerprint density at radius 2 is 2.12 bits per heavy atom. The normalized spacial score (nSPS) is 14.4. The van der Waals surface area contributed by atoms with E-state index in [-0.39, 0.29) is 5.91 Å². The van der Waals surface area contributed by atoms with Crippen LogP contribution in [0.2, 0.25) is 10.0 Å². The Morgan fingerprint density at radius 1 is 1.35 bits per heavy atom. The zero-order valence-electron chi connectivity index (χ0n) is 14.5. The molecule has 4 nitrogen and oxygen atoms in total. The molecule has 7 heteroatoms. The molecule has 2 N–H and O–H groups in total. The van der Waals surface area contributed by atoms with Gasteiger partial charge in [-0.25, -0.2) is 0 Å². The number of aryl methyl sites for hydroxylation is 1. The third kappa shape index (κ3) is 4.39. The zero-order valence-corrected chi connectivity index (χ0v) is 16.8. The lowest BCUT2D eigenvalue weighted by Crippen LogP contribution is -3.08. The number of carbonyl (C=O) groups excluding carboxylic acids is 1. The number of nitrogens with zero attached hydrogens (tertiary/aromatic N) is 1. The monoisotopic (exact) mass is 408 g/mol. The lowest BCUT2D eigenvalue weighted by molar-refractivity contribution is -0.885. The van der Waals surface area contributed by atoms with Gasteiger partial charge in [-0.05, 0) is 43.4 Å². The van der Waals surface area contributed by atoms with E-state index in [1.165, 1.54) is 4.88 Å². The number of amides is 1. The lowest BCUT2D eigenvalue weighted by atomic mass is 9.96. The molecule has 0 radical (unpaired) electrons. The van der Waals surface area contributed by atoms with Crippen LogP contribution in [0.3, 0.4) is 0 Å². The second-order valence-corrected chi connectivity index (χ2v) is 8.57. The van der Waals surface area contributed by atoms with Crippen molar-refractivity contribution in [1.82, 2.24) is 0 Å². The predicted molar refractivity (Wildman–Crippen MR) is 106 cm³/mol. The lowest BCUT2D eigenvalue weighted by Gasteiger charge is -2.14. The van der Waals surface area contributed by atoms with Crippen LogP contribution >= 0.6 is 34.5 Å². The van der Waals surface area contributed by atoms with E-state index < -0.39 is 0 Å². The van der Waals surface area contributed by atoms with Crippen LogP contribution in [0, 0.1) is 11.3 Å². The predicted octanol–water partition coefficient (Wildman–Crippen LogP) is 3.46. The number of rotatable bonds is 5. The van der Waals surface area contributed by atoms with Crippen molar-refractivity contribution in [3.05, 3.63) is 49.8 Å². The number of halogens is 2. The van der Waals surface area contributed by atoms with Crippen LogP contribution in [-0.4, -0.2) is 19.5 Å². The van der Waals surface area contributed by atoms with Crippen LogP contribution in [0.4, 0.5) is 5.00 Å². The van der Waals surface area contributed by atoms with Crippen LogP contribution < -0.4 is 10.2 Å². The molecule has 136 valence electrons. The summed E-state index contributed by atoms with van der Waals surface area (Å²) in [6.07, 6.45) is 4.20. The molecule has 1 aliphatic rings. The average molecular weight is 409 g/mol. The molecule has 3 rings (SSSR count). The van der Waals surface area contributed by atoms with Crippen molar-refractivity contribution in [2.24, 2.45) is 0 Å². The van der Waals surface area contributed by atoms with Crippen molar-refractivity contribution in [2.45, 2.75) is 32.2 Å². The van der Waals surface area contributed by atoms with E-state index in [0.717, 1.165) is 41.7 Å². The third-order valence-corrected chi connectivity index (χ3v) is 6.30. The number of carbonyl (C=O) groups is 1. The van der Waals surface area contributed by atoms with Gasteiger partial charge in [-0.3, -0.25) is 4.79 Å². The summed E-state index contributed by atoms with van der Waals surface area (Å²) in [5.74, 6) is -0.0947. The summed E-state index contributed by atoms with van der Waals surface area (Å²) in [5, 5.41) is 14.3. The fourth-order valence-electron chi connectivity index (χ4n) is 3.27. The van der Waals surface area contributed by atoms with Gasteiger partial charge in [-0.15, -0.1) is 11.3 Å². The summed E-state index contributed by atoms with van der Waals surface area (Å²) in [6.45, 7) is 0.919. The largest absolute Gasteiger partial charge is 0.326 e. The summed E-state index contributed by atoms with van der Waals surface area (Å²) >= 11 is 13.7. The fraction of sp³-hybridized carbons (Fsp3) is 0.368. The Bertz CT molecular complexity index is 872. The van der Waals surface area contributed by atoms with Crippen molar-refractivity contribution >= 4 is 45.4 Å². The summed E-state index contributed by atoms with van der Waals surface area (Å²) < 4.78 is 0. The Balaban J connectivity index is 1.64. The summed E-state index contributed by atoms with van der Waals surface area (Å²) in [5.41, 5.74) is 2.73. The molecule has 1 heterocycles. The standard InChI is InChI=1S/C19H19Cl2N3OS/c1-24(10-12-6-7-13(20)8-16(12)21)11-18(25)23-19-15(9-22)14-4-2-3-5-17(14)26-19/h6-8H,2-5,10-11H2,1H3,(H,23,25)/p+1. The number of likely N-dealkylation sites (N-methyl/N-ethyl adjacent to an activating group) is 1. The maximum Gasteiger partial charge on any atom is 0.280 e. The number of fused-ring (bicyclic) bond motifs is 1. The fourth-order valence-corrected chi connectivity index (χ4v) is 5.00. The van der Waals surface area contributed by atoms with Gasteiger partial charge >= 0.3 is 0 Å². The first kappa shape index (κ1) is 19.2. The van der Waals surface area contributed by atoms with E-state index in [0.29, 0.717) is 33.7 Å². The number of anilines is 1. The Kier molecular flexibility index (Phi) is 6.20. The maximum absolute atomic E-state index is 12.4. The van der Waals surface area contributed by atoms with Gasteiger partial charge in [0, 0.05) is 15.5 Å². The molecule has 1 aliphatic carbocycles. The molecule has 2 aromatic rings. The highest BCUT2D eigenvalue weighted by Gasteiger charge is 2.22. The van der Waals surface area contributed by atoms with Gasteiger partial charge in [0.25, 0.3) is 5.91 Å².